The highest BCUT2D eigenvalue weighted by Crippen LogP contribution is 2.36. The molecule has 6 rings (SSSR count). The van der Waals surface area contributed by atoms with Crippen molar-refractivity contribution in [3.05, 3.63) is 78.6 Å². The van der Waals surface area contributed by atoms with Crippen LogP contribution in [0.3, 0.4) is 0 Å². The number of halogens is 1. The molecule has 36 heavy (non-hydrogen) atoms. The zero-order chi connectivity index (χ0) is 24.8. The zero-order valence-corrected chi connectivity index (χ0v) is 20.1. The molecule has 1 atom stereocenters. The Morgan fingerprint density at radius 2 is 1.92 bits per heavy atom. The predicted octanol–water partition coefficient (Wildman–Crippen LogP) is 4.76. The summed E-state index contributed by atoms with van der Waals surface area (Å²) in [5, 5.41) is 1.51. The summed E-state index contributed by atoms with van der Waals surface area (Å²) in [5.41, 5.74) is 4.71. The Kier molecular flexibility index (Phi) is 5.45. The standard InChI is InChI=1S/C28H25FN6O/c1-34(2)20-9-11-35(16-20)28(36)18-7-5-17(6-8-18)25-22(29)14-32-27-26(25)21-12-23(31-15-24(21)33-27)19-4-3-10-30-13-19/h3-8,10,12-15,20H,9,11,16H2,1-2H3,(H,32,33). The van der Waals surface area contributed by atoms with Crippen LogP contribution in [0.1, 0.15) is 16.8 Å². The molecule has 1 fully saturated rings. The highest BCUT2D eigenvalue weighted by molar-refractivity contribution is 6.13. The van der Waals surface area contributed by atoms with Gasteiger partial charge in [0.1, 0.15) is 11.5 Å². The largest absolute Gasteiger partial charge is 0.338 e. The number of aromatic nitrogens is 4. The first-order valence-electron chi connectivity index (χ1n) is 11.9. The minimum absolute atomic E-state index is 0.00512. The summed E-state index contributed by atoms with van der Waals surface area (Å²) in [6.07, 6.45) is 7.39. The predicted molar refractivity (Wildman–Crippen MR) is 138 cm³/mol. The van der Waals surface area contributed by atoms with Gasteiger partial charge in [-0.25, -0.2) is 9.37 Å². The number of aromatic amines is 1. The number of likely N-dealkylation sites (tertiary alicyclic amines) is 1. The molecular formula is C28H25FN6O. The first-order valence-corrected chi connectivity index (χ1v) is 11.9. The molecule has 1 amide bonds. The molecular weight excluding hydrogens is 455 g/mol. The van der Waals surface area contributed by atoms with E-state index in [2.05, 4.69) is 24.8 Å². The molecule has 7 nitrogen and oxygen atoms in total. The average Bonchev–Trinajstić information content (AvgIpc) is 3.54. The molecule has 4 aromatic heterocycles. The number of fused-ring (bicyclic) bond motifs is 3. The summed E-state index contributed by atoms with van der Waals surface area (Å²) < 4.78 is 15.3. The van der Waals surface area contributed by atoms with Crippen LogP contribution in [-0.2, 0) is 0 Å². The second kappa shape index (κ2) is 8.80. The summed E-state index contributed by atoms with van der Waals surface area (Å²) in [5.74, 6) is -0.416. The van der Waals surface area contributed by atoms with Gasteiger partial charge in [-0.15, -0.1) is 0 Å². The highest BCUT2D eigenvalue weighted by Gasteiger charge is 2.28. The number of carbonyl (C=O) groups excluding carboxylic acids is 1. The minimum atomic E-state index is -0.421. The lowest BCUT2D eigenvalue weighted by atomic mass is 9.99. The van der Waals surface area contributed by atoms with Gasteiger partial charge >= 0.3 is 0 Å². The lowest BCUT2D eigenvalue weighted by molar-refractivity contribution is 0.0783. The Labute approximate surface area is 207 Å². The molecule has 1 unspecified atom stereocenters. The van der Waals surface area contributed by atoms with Crippen molar-refractivity contribution in [1.29, 1.82) is 0 Å². The Balaban J connectivity index is 1.40. The van der Waals surface area contributed by atoms with Crippen LogP contribution < -0.4 is 0 Å². The summed E-state index contributed by atoms with van der Waals surface area (Å²) in [6, 6.07) is 13.3. The van der Waals surface area contributed by atoms with Crippen LogP contribution in [0.25, 0.3) is 44.3 Å². The van der Waals surface area contributed by atoms with E-state index < -0.39 is 5.82 Å². The van der Waals surface area contributed by atoms with Gasteiger partial charge in [0.25, 0.3) is 5.91 Å². The maximum Gasteiger partial charge on any atom is 0.253 e. The monoisotopic (exact) mass is 480 g/mol. The van der Waals surface area contributed by atoms with Crippen molar-refractivity contribution in [2.24, 2.45) is 0 Å². The van der Waals surface area contributed by atoms with E-state index in [1.807, 2.05) is 49.3 Å². The van der Waals surface area contributed by atoms with Gasteiger partial charge in [0.2, 0.25) is 0 Å². The average molecular weight is 481 g/mol. The van der Waals surface area contributed by atoms with Crippen LogP contribution in [0.2, 0.25) is 0 Å². The lowest BCUT2D eigenvalue weighted by Crippen LogP contribution is -2.34. The molecule has 1 aromatic carbocycles. The second-order valence-corrected chi connectivity index (χ2v) is 9.42. The molecule has 1 saturated heterocycles. The van der Waals surface area contributed by atoms with E-state index >= 15 is 4.39 Å². The Hall–Kier alpha value is -4.17. The SMILES string of the molecule is CN(C)C1CCN(C(=O)c2ccc(-c3c(F)cnc4[nH]c5cnc(-c6cccnc6)cc5c34)cc2)C1. The Morgan fingerprint density at radius 1 is 1.08 bits per heavy atom. The van der Waals surface area contributed by atoms with Gasteiger partial charge < -0.3 is 14.8 Å². The van der Waals surface area contributed by atoms with Crippen molar-refractivity contribution < 1.29 is 9.18 Å². The molecule has 180 valence electrons. The number of hydrogen-bond acceptors (Lipinski definition) is 5. The molecule has 0 saturated carbocycles. The maximum atomic E-state index is 15.3. The molecule has 5 heterocycles. The van der Waals surface area contributed by atoms with Gasteiger partial charge in [0.05, 0.1) is 23.6 Å². The topological polar surface area (TPSA) is 78.0 Å². The van der Waals surface area contributed by atoms with E-state index in [0.29, 0.717) is 33.8 Å². The third-order valence-electron chi connectivity index (χ3n) is 7.02. The first-order chi connectivity index (χ1) is 17.5. The van der Waals surface area contributed by atoms with E-state index in [0.717, 1.165) is 41.7 Å². The number of benzene rings is 1. The van der Waals surface area contributed by atoms with Gasteiger partial charge in [-0.3, -0.25) is 14.8 Å². The summed E-state index contributed by atoms with van der Waals surface area (Å²) in [6.45, 7) is 1.46. The van der Waals surface area contributed by atoms with Crippen LogP contribution in [0.5, 0.6) is 0 Å². The Morgan fingerprint density at radius 3 is 2.64 bits per heavy atom. The van der Waals surface area contributed by atoms with Crippen LogP contribution in [-0.4, -0.2) is 68.9 Å². The van der Waals surface area contributed by atoms with Gasteiger partial charge in [-0.1, -0.05) is 12.1 Å². The van der Waals surface area contributed by atoms with E-state index in [9.17, 15) is 4.79 Å². The number of pyridine rings is 3. The molecule has 1 aliphatic rings. The third kappa shape index (κ3) is 3.79. The van der Waals surface area contributed by atoms with Crippen LogP contribution in [0.4, 0.5) is 4.39 Å². The fourth-order valence-corrected chi connectivity index (χ4v) is 5.00. The zero-order valence-electron chi connectivity index (χ0n) is 20.1. The molecule has 0 bridgehead atoms. The first kappa shape index (κ1) is 22.3. The van der Waals surface area contributed by atoms with E-state index in [1.165, 1.54) is 6.20 Å². The Bertz CT molecular complexity index is 1580. The number of H-pyrrole nitrogens is 1. The molecule has 1 N–H and O–H groups in total. The second-order valence-electron chi connectivity index (χ2n) is 9.42. The highest BCUT2D eigenvalue weighted by atomic mass is 19.1. The quantitative estimate of drug-likeness (QED) is 0.402. The lowest BCUT2D eigenvalue weighted by Gasteiger charge is -2.20. The molecule has 0 spiro atoms. The van der Waals surface area contributed by atoms with Gasteiger partial charge in [0.15, 0.2) is 0 Å². The van der Waals surface area contributed by atoms with Crippen molar-refractivity contribution >= 4 is 27.8 Å². The van der Waals surface area contributed by atoms with E-state index in [4.69, 9.17) is 0 Å². The van der Waals surface area contributed by atoms with Crippen molar-refractivity contribution in [2.75, 3.05) is 27.2 Å². The summed E-state index contributed by atoms with van der Waals surface area (Å²) in [4.78, 5) is 33.4. The fourth-order valence-electron chi connectivity index (χ4n) is 5.00. The number of likely N-dealkylation sites (N-methyl/N-ethyl adjacent to an activating group) is 1. The maximum absolute atomic E-state index is 15.3. The normalized spacial score (nSPS) is 15.9. The van der Waals surface area contributed by atoms with Gasteiger partial charge in [0, 0.05) is 59.0 Å². The van der Waals surface area contributed by atoms with Crippen molar-refractivity contribution in [3.63, 3.8) is 0 Å². The number of rotatable bonds is 4. The molecule has 0 radical (unpaired) electrons. The minimum Gasteiger partial charge on any atom is -0.338 e. The van der Waals surface area contributed by atoms with Crippen LogP contribution in [0.15, 0.2) is 67.3 Å². The van der Waals surface area contributed by atoms with E-state index in [1.54, 1.807) is 30.7 Å². The summed E-state index contributed by atoms with van der Waals surface area (Å²) >= 11 is 0. The van der Waals surface area contributed by atoms with Gasteiger partial charge in [-0.05, 0) is 56.4 Å². The molecule has 5 aromatic rings. The van der Waals surface area contributed by atoms with Gasteiger partial charge in [-0.2, -0.15) is 0 Å². The molecule has 1 aliphatic heterocycles. The number of hydrogen-bond donors (Lipinski definition) is 1. The number of nitrogens with one attached hydrogen (secondary N) is 1. The smallest absolute Gasteiger partial charge is 0.253 e. The number of amides is 1. The van der Waals surface area contributed by atoms with Crippen LogP contribution >= 0.6 is 0 Å². The third-order valence-corrected chi connectivity index (χ3v) is 7.02. The van der Waals surface area contributed by atoms with Crippen molar-refractivity contribution in [2.45, 2.75) is 12.5 Å². The van der Waals surface area contributed by atoms with E-state index in [-0.39, 0.29) is 5.91 Å². The van der Waals surface area contributed by atoms with Crippen molar-refractivity contribution in [1.82, 2.24) is 29.7 Å². The molecule has 0 aliphatic carbocycles. The summed E-state index contributed by atoms with van der Waals surface area (Å²) in [7, 11) is 4.08. The van der Waals surface area contributed by atoms with Crippen molar-refractivity contribution in [3.8, 4) is 22.4 Å². The van der Waals surface area contributed by atoms with Crippen LogP contribution in [0, 0.1) is 5.82 Å². The molecule has 8 heteroatoms. The fraction of sp³-hybridized carbons (Fsp3) is 0.214. The number of carbonyl (C=O) groups is 1. The number of nitrogens with zero attached hydrogens (tertiary/aromatic N) is 5.